The number of hydrogen-bond acceptors (Lipinski definition) is 3. The molecule has 4 heteroatoms. The van der Waals surface area contributed by atoms with Gasteiger partial charge in [-0.2, -0.15) is 0 Å². The minimum Gasteiger partial charge on any atom is -0.486 e. The molecule has 4 nitrogen and oxygen atoms in total. The summed E-state index contributed by atoms with van der Waals surface area (Å²) in [6, 6.07) is 21.7. The number of amides is 1. The van der Waals surface area contributed by atoms with Crippen molar-refractivity contribution in [2.24, 2.45) is 0 Å². The Morgan fingerprint density at radius 2 is 1.72 bits per heavy atom. The SMILES string of the molecule is O=C(Cc1cccc2ccccc12)NC[C@H]1COc2ccccc2O1. The molecule has 1 atom stereocenters. The molecular weight excluding hydrogens is 314 g/mol. The summed E-state index contributed by atoms with van der Waals surface area (Å²) in [6.45, 7) is 0.865. The second kappa shape index (κ2) is 6.85. The Labute approximate surface area is 146 Å². The van der Waals surface area contributed by atoms with Crippen molar-refractivity contribution in [1.29, 1.82) is 0 Å². The van der Waals surface area contributed by atoms with Gasteiger partial charge in [-0.15, -0.1) is 0 Å². The van der Waals surface area contributed by atoms with E-state index in [9.17, 15) is 4.79 Å². The molecule has 3 aromatic rings. The summed E-state index contributed by atoms with van der Waals surface area (Å²) in [4.78, 5) is 12.3. The van der Waals surface area contributed by atoms with E-state index >= 15 is 0 Å². The van der Waals surface area contributed by atoms with E-state index in [1.807, 2.05) is 54.6 Å². The summed E-state index contributed by atoms with van der Waals surface area (Å²) in [7, 11) is 0. The van der Waals surface area contributed by atoms with Crippen LogP contribution in [0.3, 0.4) is 0 Å². The lowest BCUT2D eigenvalue weighted by molar-refractivity contribution is -0.120. The van der Waals surface area contributed by atoms with Gasteiger partial charge in [-0.3, -0.25) is 4.79 Å². The van der Waals surface area contributed by atoms with Crippen LogP contribution in [0.25, 0.3) is 10.8 Å². The molecular formula is C21H19NO3. The van der Waals surface area contributed by atoms with E-state index < -0.39 is 0 Å². The maximum Gasteiger partial charge on any atom is 0.224 e. The number of ether oxygens (including phenoxy) is 2. The molecule has 0 aliphatic carbocycles. The van der Waals surface area contributed by atoms with Crippen LogP contribution in [-0.4, -0.2) is 25.2 Å². The zero-order valence-corrected chi connectivity index (χ0v) is 13.8. The molecule has 1 aliphatic heterocycles. The van der Waals surface area contributed by atoms with E-state index in [4.69, 9.17) is 9.47 Å². The third-order valence-corrected chi connectivity index (χ3v) is 4.33. The molecule has 4 rings (SSSR count). The number of carbonyl (C=O) groups is 1. The summed E-state index contributed by atoms with van der Waals surface area (Å²) in [5.41, 5.74) is 1.03. The molecule has 3 aromatic carbocycles. The highest BCUT2D eigenvalue weighted by molar-refractivity contribution is 5.90. The maximum atomic E-state index is 12.3. The molecule has 1 amide bonds. The van der Waals surface area contributed by atoms with Gasteiger partial charge in [-0.25, -0.2) is 0 Å². The minimum absolute atomic E-state index is 0.0150. The van der Waals surface area contributed by atoms with E-state index in [-0.39, 0.29) is 12.0 Å². The predicted molar refractivity (Wildman–Crippen MR) is 97.0 cm³/mol. The van der Waals surface area contributed by atoms with Crippen molar-refractivity contribution in [3.63, 3.8) is 0 Å². The number of rotatable bonds is 4. The van der Waals surface area contributed by atoms with Gasteiger partial charge in [0.25, 0.3) is 0 Å². The van der Waals surface area contributed by atoms with E-state index in [2.05, 4.69) is 17.4 Å². The van der Waals surface area contributed by atoms with Crippen molar-refractivity contribution in [2.75, 3.05) is 13.2 Å². The fourth-order valence-corrected chi connectivity index (χ4v) is 3.07. The van der Waals surface area contributed by atoms with Gasteiger partial charge < -0.3 is 14.8 Å². The van der Waals surface area contributed by atoms with Gasteiger partial charge in [0.05, 0.1) is 13.0 Å². The van der Waals surface area contributed by atoms with Crippen LogP contribution in [0.1, 0.15) is 5.56 Å². The summed E-state index contributed by atoms with van der Waals surface area (Å²) < 4.78 is 11.5. The zero-order chi connectivity index (χ0) is 17.1. The number of nitrogens with one attached hydrogen (secondary N) is 1. The van der Waals surface area contributed by atoms with Gasteiger partial charge in [0.2, 0.25) is 5.91 Å². The van der Waals surface area contributed by atoms with Gasteiger partial charge in [0, 0.05) is 0 Å². The van der Waals surface area contributed by atoms with Crippen molar-refractivity contribution in [2.45, 2.75) is 12.5 Å². The molecule has 0 radical (unpaired) electrons. The van der Waals surface area contributed by atoms with E-state index in [1.54, 1.807) is 0 Å². The second-order valence-electron chi connectivity index (χ2n) is 6.12. The number of para-hydroxylation sites is 2. The molecule has 126 valence electrons. The van der Waals surface area contributed by atoms with E-state index in [0.29, 0.717) is 19.6 Å². The quantitative estimate of drug-likeness (QED) is 0.796. The summed E-state index contributed by atoms with van der Waals surface area (Å²) >= 11 is 0. The maximum absolute atomic E-state index is 12.3. The van der Waals surface area contributed by atoms with Gasteiger partial charge in [0.1, 0.15) is 12.7 Å². The highest BCUT2D eigenvalue weighted by Crippen LogP contribution is 2.30. The molecule has 1 N–H and O–H groups in total. The summed E-state index contributed by atoms with van der Waals surface area (Å²) in [6.07, 6.45) is 0.178. The van der Waals surface area contributed by atoms with Gasteiger partial charge >= 0.3 is 0 Å². The van der Waals surface area contributed by atoms with E-state index in [0.717, 1.165) is 27.8 Å². The number of hydrogen-bond donors (Lipinski definition) is 1. The van der Waals surface area contributed by atoms with Crippen LogP contribution >= 0.6 is 0 Å². The first-order chi connectivity index (χ1) is 12.3. The van der Waals surface area contributed by atoms with Gasteiger partial charge in [-0.05, 0) is 28.5 Å². The van der Waals surface area contributed by atoms with Crippen LogP contribution in [-0.2, 0) is 11.2 Å². The lowest BCUT2D eigenvalue weighted by atomic mass is 10.0. The standard InChI is InChI=1S/C21H19NO3/c23-21(12-16-8-5-7-15-6-1-2-9-18(15)16)22-13-17-14-24-19-10-3-4-11-20(19)25-17/h1-11,17H,12-14H2,(H,22,23)/t17-/m0/s1. The summed E-state index contributed by atoms with van der Waals surface area (Å²) in [5, 5.41) is 5.22. The van der Waals surface area contributed by atoms with Crippen LogP contribution in [0.4, 0.5) is 0 Å². The molecule has 0 fully saturated rings. The van der Waals surface area contributed by atoms with Crippen LogP contribution in [0, 0.1) is 0 Å². The van der Waals surface area contributed by atoms with Crippen LogP contribution < -0.4 is 14.8 Å². The van der Waals surface area contributed by atoms with Gasteiger partial charge in [0.15, 0.2) is 11.5 Å². The average Bonchev–Trinajstić information content (AvgIpc) is 2.66. The Morgan fingerprint density at radius 1 is 0.960 bits per heavy atom. The Hall–Kier alpha value is -3.01. The van der Waals surface area contributed by atoms with Crippen molar-refractivity contribution in [3.8, 4) is 11.5 Å². The smallest absolute Gasteiger partial charge is 0.224 e. The normalized spacial score (nSPS) is 15.8. The number of carbonyl (C=O) groups excluding carboxylic acids is 1. The molecule has 0 unspecified atom stereocenters. The molecule has 0 saturated heterocycles. The Balaban J connectivity index is 1.37. The molecule has 1 heterocycles. The van der Waals surface area contributed by atoms with Crippen molar-refractivity contribution < 1.29 is 14.3 Å². The zero-order valence-electron chi connectivity index (χ0n) is 13.8. The first kappa shape index (κ1) is 15.5. The molecule has 0 bridgehead atoms. The molecule has 0 saturated carbocycles. The molecule has 0 aromatic heterocycles. The minimum atomic E-state index is -0.175. The van der Waals surface area contributed by atoms with E-state index in [1.165, 1.54) is 0 Å². The van der Waals surface area contributed by atoms with Crippen LogP contribution in [0.15, 0.2) is 66.7 Å². The average molecular weight is 333 g/mol. The predicted octanol–water partition coefficient (Wildman–Crippen LogP) is 3.34. The van der Waals surface area contributed by atoms with Crippen molar-refractivity contribution in [3.05, 3.63) is 72.3 Å². The fraction of sp³-hybridized carbons (Fsp3) is 0.190. The fourth-order valence-electron chi connectivity index (χ4n) is 3.07. The molecule has 0 spiro atoms. The lowest BCUT2D eigenvalue weighted by Crippen LogP contribution is -2.41. The molecule has 25 heavy (non-hydrogen) atoms. The Kier molecular flexibility index (Phi) is 4.25. The highest BCUT2D eigenvalue weighted by atomic mass is 16.6. The molecule has 1 aliphatic rings. The first-order valence-electron chi connectivity index (χ1n) is 8.41. The lowest BCUT2D eigenvalue weighted by Gasteiger charge is -2.26. The third kappa shape index (κ3) is 3.43. The number of benzene rings is 3. The number of fused-ring (bicyclic) bond motifs is 2. The topological polar surface area (TPSA) is 47.6 Å². The highest BCUT2D eigenvalue weighted by Gasteiger charge is 2.21. The monoisotopic (exact) mass is 333 g/mol. The largest absolute Gasteiger partial charge is 0.486 e. The second-order valence-corrected chi connectivity index (χ2v) is 6.12. The van der Waals surface area contributed by atoms with Crippen molar-refractivity contribution >= 4 is 16.7 Å². The van der Waals surface area contributed by atoms with Crippen molar-refractivity contribution in [1.82, 2.24) is 5.32 Å². The Bertz CT molecular complexity index is 901. The van der Waals surface area contributed by atoms with Crippen LogP contribution in [0.2, 0.25) is 0 Å². The third-order valence-electron chi connectivity index (χ3n) is 4.33. The van der Waals surface area contributed by atoms with Crippen LogP contribution in [0.5, 0.6) is 11.5 Å². The summed E-state index contributed by atoms with van der Waals surface area (Å²) in [5.74, 6) is 1.46. The van der Waals surface area contributed by atoms with Gasteiger partial charge in [-0.1, -0.05) is 54.6 Å². The Morgan fingerprint density at radius 3 is 2.64 bits per heavy atom. The first-order valence-corrected chi connectivity index (χ1v) is 8.41.